The number of anilines is 1. The van der Waals surface area contributed by atoms with Gasteiger partial charge in [0.2, 0.25) is 5.91 Å². The molecule has 0 saturated heterocycles. The van der Waals surface area contributed by atoms with Crippen LogP contribution < -0.4 is 5.32 Å². The van der Waals surface area contributed by atoms with Crippen LogP contribution in [0.1, 0.15) is 6.92 Å². The lowest BCUT2D eigenvalue weighted by atomic mass is 10.2. The second-order valence-corrected chi connectivity index (χ2v) is 7.42. The van der Waals surface area contributed by atoms with Crippen molar-refractivity contribution < 1.29 is 13.6 Å². The van der Waals surface area contributed by atoms with E-state index in [1.807, 2.05) is 6.92 Å². The molecule has 146 valence electrons. The number of rotatable bonds is 6. The molecule has 3 rings (SSSR count). The molecule has 2 aromatic carbocycles. The van der Waals surface area contributed by atoms with E-state index in [0.717, 1.165) is 30.0 Å². The second kappa shape index (κ2) is 8.89. The van der Waals surface area contributed by atoms with E-state index in [4.69, 9.17) is 23.2 Å². The third kappa shape index (κ3) is 4.63. The average Bonchev–Trinajstić information content (AvgIpc) is 3.05. The maximum Gasteiger partial charge on any atom is 0.234 e. The van der Waals surface area contributed by atoms with E-state index >= 15 is 0 Å². The maximum absolute atomic E-state index is 13.6. The summed E-state index contributed by atoms with van der Waals surface area (Å²) in [6, 6.07) is 7.91. The SMILES string of the molecule is CCn1c(SCC(=O)Nc2cc(F)ccc2F)nnc1-c1ccc(Cl)cc1Cl. The molecule has 0 saturated carbocycles. The Bertz CT molecular complexity index is 1030. The van der Waals surface area contributed by atoms with Gasteiger partial charge in [0.25, 0.3) is 0 Å². The molecule has 5 nitrogen and oxygen atoms in total. The number of hydrogen-bond donors (Lipinski definition) is 1. The van der Waals surface area contributed by atoms with Crippen LogP contribution in [0.4, 0.5) is 14.5 Å². The number of aromatic nitrogens is 3. The van der Waals surface area contributed by atoms with E-state index in [9.17, 15) is 13.6 Å². The second-order valence-electron chi connectivity index (χ2n) is 5.64. The molecular weight excluding hydrogens is 429 g/mol. The largest absolute Gasteiger partial charge is 0.323 e. The van der Waals surface area contributed by atoms with E-state index in [0.29, 0.717) is 33.1 Å². The Morgan fingerprint density at radius 1 is 1.18 bits per heavy atom. The number of nitrogens with zero attached hydrogens (tertiary/aromatic N) is 3. The highest BCUT2D eigenvalue weighted by Gasteiger charge is 2.17. The Balaban J connectivity index is 1.73. The molecule has 0 atom stereocenters. The molecule has 0 aliphatic heterocycles. The standard InChI is InChI=1S/C18H14Cl2F2N4OS/c1-2-26-17(12-5-3-10(19)7-13(12)20)24-25-18(26)28-9-16(27)23-15-8-11(21)4-6-14(15)22/h3-8H,2,9H2,1H3,(H,23,27). The Hall–Kier alpha value is -2.16. The highest BCUT2D eigenvalue weighted by Crippen LogP contribution is 2.31. The zero-order chi connectivity index (χ0) is 20.3. The highest BCUT2D eigenvalue weighted by molar-refractivity contribution is 7.99. The van der Waals surface area contributed by atoms with Crippen molar-refractivity contribution in [3.63, 3.8) is 0 Å². The molecule has 0 bridgehead atoms. The fraction of sp³-hybridized carbons (Fsp3) is 0.167. The topological polar surface area (TPSA) is 59.8 Å². The molecule has 0 fully saturated rings. The number of carbonyl (C=O) groups excluding carboxylic acids is 1. The summed E-state index contributed by atoms with van der Waals surface area (Å²) >= 11 is 13.3. The van der Waals surface area contributed by atoms with Gasteiger partial charge in [-0.05, 0) is 37.3 Å². The molecule has 1 amide bonds. The third-order valence-corrected chi connectivity index (χ3v) is 5.25. The van der Waals surface area contributed by atoms with E-state index in [1.165, 1.54) is 0 Å². The fourth-order valence-corrected chi connectivity index (χ4v) is 3.76. The Morgan fingerprint density at radius 2 is 1.96 bits per heavy atom. The van der Waals surface area contributed by atoms with Crippen LogP contribution in [0, 0.1) is 11.6 Å². The Morgan fingerprint density at radius 3 is 2.68 bits per heavy atom. The maximum atomic E-state index is 13.6. The number of nitrogens with one attached hydrogen (secondary N) is 1. The van der Waals surface area contributed by atoms with Crippen molar-refractivity contribution in [1.82, 2.24) is 14.8 Å². The molecular formula is C18H14Cl2F2N4OS. The molecule has 1 heterocycles. The minimum atomic E-state index is -0.712. The molecule has 1 aromatic heterocycles. The number of thioether (sulfide) groups is 1. The summed E-state index contributed by atoms with van der Waals surface area (Å²) in [7, 11) is 0. The summed E-state index contributed by atoms with van der Waals surface area (Å²) in [5, 5.41) is 12.1. The normalized spacial score (nSPS) is 10.9. The summed E-state index contributed by atoms with van der Waals surface area (Å²) in [5.74, 6) is -1.35. The lowest BCUT2D eigenvalue weighted by Crippen LogP contribution is -2.15. The van der Waals surface area contributed by atoms with Gasteiger partial charge in [-0.3, -0.25) is 4.79 Å². The minimum absolute atomic E-state index is 0.0531. The summed E-state index contributed by atoms with van der Waals surface area (Å²) in [5.41, 5.74) is 0.453. The molecule has 28 heavy (non-hydrogen) atoms. The van der Waals surface area contributed by atoms with Crippen molar-refractivity contribution in [1.29, 1.82) is 0 Å². The van der Waals surface area contributed by atoms with Gasteiger partial charge in [0.15, 0.2) is 11.0 Å². The van der Waals surface area contributed by atoms with Crippen LogP contribution >= 0.6 is 35.0 Å². The van der Waals surface area contributed by atoms with Crippen molar-refractivity contribution in [3.05, 3.63) is 58.1 Å². The predicted molar refractivity (Wildman–Crippen MR) is 107 cm³/mol. The van der Waals surface area contributed by atoms with E-state index in [-0.39, 0.29) is 11.4 Å². The average molecular weight is 443 g/mol. The summed E-state index contributed by atoms with van der Waals surface area (Å²) in [6.07, 6.45) is 0. The van der Waals surface area contributed by atoms with Gasteiger partial charge in [-0.15, -0.1) is 10.2 Å². The first-order valence-electron chi connectivity index (χ1n) is 8.15. The first-order valence-corrected chi connectivity index (χ1v) is 9.89. The molecule has 10 heteroatoms. The van der Waals surface area contributed by atoms with Gasteiger partial charge in [0.05, 0.1) is 16.5 Å². The van der Waals surface area contributed by atoms with Gasteiger partial charge in [0.1, 0.15) is 11.6 Å². The number of amides is 1. The van der Waals surface area contributed by atoms with Crippen LogP contribution in [0.3, 0.4) is 0 Å². The number of carbonyl (C=O) groups is 1. The van der Waals surface area contributed by atoms with E-state index in [1.54, 1.807) is 22.8 Å². The molecule has 3 aromatic rings. The van der Waals surface area contributed by atoms with Gasteiger partial charge in [0, 0.05) is 23.2 Å². The van der Waals surface area contributed by atoms with Gasteiger partial charge < -0.3 is 9.88 Å². The molecule has 0 aliphatic carbocycles. The monoisotopic (exact) mass is 442 g/mol. The van der Waals surface area contributed by atoms with Crippen LogP contribution in [-0.4, -0.2) is 26.4 Å². The highest BCUT2D eigenvalue weighted by atomic mass is 35.5. The Labute approximate surface area is 174 Å². The van der Waals surface area contributed by atoms with E-state index in [2.05, 4.69) is 15.5 Å². The summed E-state index contributed by atoms with van der Waals surface area (Å²) in [4.78, 5) is 12.1. The molecule has 0 spiro atoms. The van der Waals surface area contributed by atoms with Gasteiger partial charge in [-0.1, -0.05) is 35.0 Å². The van der Waals surface area contributed by atoms with Crippen molar-refractivity contribution >= 4 is 46.6 Å². The lowest BCUT2D eigenvalue weighted by Gasteiger charge is -2.09. The smallest absolute Gasteiger partial charge is 0.234 e. The fourth-order valence-electron chi connectivity index (χ4n) is 2.46. The van der Waals surface area contributed by atoms with E-state index < -0.39 is 17.5 Å². The first-order chi connectivity index (χ1) is 13.4. The van der Waals surface area contributed by atoms with Gasteiger partial charge in [-0.25, -0.2) is 8.78 Å². The van der Waals surface area contributed by atoms with Crippen molar-refractivity contribution in [2.45, 2.75) is 18.6 Å². The van der Waals surface area contributed by atoms with Crippen LogP contribution in [0.25, 0.3) is 11.4 Å². The molecule has 0 unspecified atom stereocenters. The van der Waals surface area contributed by atoms with Crippen LogP contribution in [-0.2, 0) is 11.3 Å². The predicted octanol–water partition coefficient (Wildman–Crippen LogP) is 5.28. The van der Waals surface area contributed by atoms with Crippen LogP contribution in [0.15, 0.2) is 41.6 Å². The van der Waals surface area contributed by atoms with Crippen molar-refractivity contribution in [3.8, 4) is 11.4 Å². The molecule has 0 aliphatic rings. The van der Waals surface area contributed by atoms with Crippen LogP contribution in [0.5, 0.6) is 0 Å². The van der Waals surface area contributed by atoms with Gasteiger partial charge >= 0.3 is 0 Å². The van der Waals surface area contributed by atoms with Gasteiger partial charge in [-0.2, -0.15) is 0 Å². The zero-order valence-electron chi connectivity index (χ0n) is 14.5. The third-order valence-electron chi connectivity index (χ3n) is 3.74. The quantitative estimate of drug-likeness (QED) is 0.527. The number of hydrogen-bond acceptors (Lipinski definition) is 4. The van der Waals surface area contributed by atoms with Crippen molar-refractivity contribution in [2.24, 2.45) is 0 Å². The number of halogens is 4. The van der Waals surface area contributed by atoms with Crippen molar-refractivity contribution in [2.75, 3.05) is 11.1 Å². The van der Waals surface area contributed by atoms with Crippen LogP contribution in [0.2, 0.25) is 10.0 Å². The first kappa shape index (κ1) is 20.6. The lowest BCUT2D eigenvalue weighted by molar-refractivity contribution is -0.113. The molecule has 1 N–H and O–H groups in total. The Kier molecular flexibility index (Phi) is 6.53. The number of benzene rings is 2. The summed E-state index contributed by atoms with van der Waals surface area (Å²) < 4.78 is 28.6. The summed E-state index contributed by atoms with van der Waals surface area (Å²) in [6.45, 7) is 2.45. The zero-order valence-corrected chi connectivity index (χ0v) is 16.9. The molecule has 0 radical (unpaired) electrons. The minimum Gasteiger partial charge on any atom is -0.323 e.